The van der Waals surface area contributed by atoms with Gasteiger partial charge in [0.25, 0.3) is 0 Å². The summed E-state index contributed by atoms with van der Waals surface area (Å²) in [5, 5.41) is 10.9. The zero-order chi connectivity index (χ0) is 14.7. The predicted octanol–water partition coefficient (Wildman–Crippen LogP) is 2.88. The van der Waals surface area contributed by atoms with Crippen LogP contribution in [0.25, 0.3) is 11.7 Å². The first-order chi connectivity index (χ1) is 10.2. The van der Waals surface area contributed by atoms with Crippen LogP contribution in [0.5, 0.6) is 0 Å². The van der Waals surface area contributed by atoms with Gasteiger partial charge in [-0.2, -0.15) is 0 Å². The molecule has 0 aliphatic carbocycles. The van der Waals surface area contributed by atoms with Gasteiger partial charge in [-0.1, -0.05) is 6.07 Å². The minimum Gasteiger partial charge on any atom is -0.345 e. The first-order valence-corrected chi connectivity index (χ1v) is 7.83. The molecule has 0 fully saturated rings. The van der Waals surface area contributed by atoms with Crippen molar-refractivity contribution in [3.8, 4) is 0 Å². The lowest BCUT2D eigenvalue weighted by molar-refractivity contribution is -0.116. The molecule has 7 heteroatoms. The molecule has 0 aromatic carbocycles. The highest BCUT2D eigenvalue weighted by atomic mass is 79.9. The van der Waals surface area contributed by atoms with E-state index in [9.17, 15) is 4.79 Å². The number of hydrogen-bond donors (Lipinski definition) is 1. The number of nitrogens with zero attached hydrogens (tertiary/aromatic N) is 3. The molecule has 0 saturated carbocycles. The number of aromatic nitrogens is 3. The fourth-order valence-electron chi connectivity index (χ4n) is 1.81. The zero-order valence-electron chi connectivity index (χ0n) is 10.9. The van der Waals surface area contributed by atoms with E-state index in [0.717, 1.165) is 14.3 Å². The van der Waals surface area contributed by atoms with Crippen molar-refractivity contribution in [3.63, 3.8) is 0 Å². The van der Waals surface area contributed by atoms with E-state index in [1.165, 1.54) is 6.08 Å². The van der Waals surface area contributed by atoms with Crippen LogP contribution in [-0.2, 0) is 11.3 Å². The number of carbonyl (C=O) groups excluding carboxylic acids is 1. The Kier molecular flexibility index (Phi) is 4.12. The summed E-state index contributed by atoms with van der Waals surface area (Å²) < 4.78 is 2.89. The highest BCUT2D eigenvalue weighted by Gasteiger charge is 2.05. The van der Waals surface area contributed by atoms with Crippen LogP contribution in [0.1, 0.15) is 10.7 Å². The lowest BCUT2D eigenvalue weighted by atomic mass is 10.4. The van der Waals surface area contributed by atoms with Crippen molar-refractivity contribution < 1.29 is 4.79 Å². The third-order valence-electron chi connectivity index (χ3n) is 2.80. The molecule has 1 N–H and O–H groups in total. The number of hydrogen-bond acceptors (Lipinski definition) is 4. The molecule has 0 aliphatic heterocycles. The van der Waals surface area contributed by atoms with Gasteiger partial charge in [0.15, 0.2) is 11.5 Å². The van der Waals surface area contributed by atoms with E-state index in [1.807, 2.05) is 40.9 Å². The van der Waals surface area contributed by atoms with E-state index in [2.05, 4.69) is 31.4 Å². The number of rotatable bonds is 4. The van der Waals surface area contributed by atoms with Crippen LogP contribution in [-0.4, -0.2) is 20.5 Å². The Morgan fingerprint density at radius 1 is 1.33 bits per heavy atom. The Hall–Kier alpha value is -1.99. The minimum atomic E-state index is -0.160. The number of halogens is 1. The fraction of sp³-hybridized carbons (Fsp3) is 0.0714. The molecule has 0 bridgehead atoms. The molecule has 3 aromatic rings. The quantitative estimate of drug-likeness (QED) is 0.726. The van der Waals surface area contributed by atoms with Gasteiger partial charge in [0, 0.05) is 17.2 Å². The SMILES string of the molecule is O=C(/C=C/c1ccc(Br)s1)NCc1nnc2ccccn12. The summed E-state index contributed by atoms with van der Waals surface area (Å²) in [5.74, 6) is 0.540. The summed E-state index contributed by atoms with van der Waals surface area (Å²) >= 11 is 4.96. The molecular weight excluding hydrogens is 352 g/mol. The number of nitrogens with one attached hydrogen (secondary N) is 1. The van der Waals surface area contributed by atoms with Crippen molar-refractivity contribution in [3.05, 3.63) is 57.1 Å². The molecule has 3 aromatic heterocycles. The largest absolute Gasteiger partial charge is 0.345 e. The van der Waals surface area contributed by atoms with Gasteiger partial charge in [0.2, 0.25) is 5.91 Å². The maximum absolute atomic E-state index is 11.8. The molecular formula is C14H11BrN4OS. The summed E-state index contributed by atoms with van der Waals surface area (Å²) in [6.07, 6.45) is 5.17. The van der Waals surface area contributed by atoms with Crippen LogP contribution in [0.15, 0.2) is 46.4 Å². The van der Waals surface area contributed by atoms with Gasteiger partial charge in [-0.05, 0) is 46.3 Å². The van der Waals surface area contributed by atoms with Gasteiger partial charge >= 0.3 is 0 Å². The average molecular weight is 363 g/mol. The number of amides is 1. The van der Waals surface area contributed by atoms with Crippen molar-refractivity contribution in [1.82, 2.24) is 19.9 Å². The van der Waals surface area contributed by atoms with Crippen LogP contribution in [0.2, 0.25) is 0 Å². The van der Waals surface area contributed by atoms with E-state index in [0.29, 0.717) is 12.4 Å². The van der Waals surface area contributed by atoms with Crippen molar-refractivity contribution in [2.45, 2.75) is 6.54 Å². The third kappa shape index (κ3) is 3.37. The Morgan fingerprint density at radius 3 is 3.05 bits per heavy atom. The lowest BCUT2D eigenvalue weighted by Gasteiger charge is -2.00. The average Bonchev–Trinajstić information content (AvgIpc) is 3.09. The molecule has 0 aliphatic rings. The van der Waals surface area contributed by atoms with Crippen LogP contribution >= 0.6 is 27.3 Å². The fourth-order valence-corrected chi connectivity index (χ4v) is 3.14. The number of pyridine rings is 1. The molecule has 0 spiro atoms. The highest BCUT2D eigenvalue weighted by molar-refractivity contribution is 9.11. The Morgan fingerprint density at radius 2 is 2.24 bits per heavy atom. The number of carbonyl (C=O) groups is 1. The topological polar surface area (TPSA) is 59.3 Å². The standard InChI is InChI=1S/C14H11BrN4OS/c15-11-6-4-10(21-11)5-7-14(20)16-9-13-18-17-12-3-1-2-8-19(12)13/h1-8H,9H2,(H,16,20)/b7-5+. The van der Waals surface area contributed by atoms with Gasteiger partial charge in [-0.3, -0.25) is 9.20 Å². The van der Waals surface area contributed by atoms with Crippen molar-refractivity contribution >= 4 is 44.9 Å². The number of fused-ring (bicyclic) bond motifs is 1. The summed E-state index contributed by atoms with van der Waals surface area (Å²) in [6, 6.07) is 9.56. The summed E-state index contributed by atoms with van der Waals surface area (Å²) in [6.45, 7) is 0.336. The second kappa shape index (κ2) is 6.19. The monoisotopic (exact) mass is 362 g/mol. The molecule has 106 valence electrons. The summed E-state index contributed by atoms with van der Waals surface area (Å²) in [7, 11) is 0. The second-order valence-electron chi connectivity index (χ2n) is 4.24. The smallest absolute Gasteiger partial charge is 0.244 e. The van der Waals surface area contributed by atoms with Crippen molar-refractivity contribution in [2.75, 3.05) is 0 Å². The third-order valence-corrected chi connectivity index (χ3v) is 4.39. The van der Waals surface area contributed by atoms with Gasteiger partial charge in [-0.15, -0.1) is 21.5 Å². The molecule has 0 saturated heterocycles. The first kappa shape index (κ1) is 14.0. The van der Waals surface area contributed by atoms with E-state index in [-0.39, 0.29) is 5.91 Å². The van der Waals surface area contributed by atoms with E-state index < -0.39 is 0 Å². The van der Waals surface area contributed by atoms with Crippen LogP contribution in [0.3, 0.4) is 0 Å². The van der Waals surface area contributed by atoms with E-state index in [1.54, 1.807) is 17.4 Å². The maximum Gasteiger partial charge on any atom is 0.244 e. The summed E-state index contributed by atoms with van der Waals surface area (Å²) in [4.78, 5) is 12.8. The predicted molar refractivity (Wildman–Crippen MR) is 85.9 cm³/mol. The van der Waals surface area contributed by atoms with Crippen molar-refractivity contribution in [1.29, 1.82) is 0 Å². The first-order valence-electron chi connectivity index (χ1n) is 6.22. The van der Waals surface area contributed by atoms with Crippen LogP contribution in [0, 0.1) is 0 Å². The van der Waals surface area contributed by atoms with Crippen LogP contribution in [0.4, 0.5) is 0 Å². The van der Waals surface area contributed by atoms with Crippen LogP contribution < -0.4 is 5.32 Å². The Bertz CT molecular complexity index is 808. The summed E-state index contributed by atoms with van der Waals surface area (Å²) in [5.41, 5.74) is 0.765. The second-order valence-corrected chi connectivity index (χ2v) is 6.73. The Labute approximate surface area is 133 Å². The Balaban J connectivity index is 1.62. The lowest BCUT2D eigenvalue weighted by Crippen LogP contribution is -2.21. The minimum absolute atomic E-state index is 0.160. The zero-order valence-corrected chi connectivity index (χ0v) is 13.3. The molecule has 0 radical (unpaired) electrons. The molecule has 5 nitrogen and oxygen atoms in total. The van der Waals surface area contributed by atoms with Gasteiger partial charge in [0.1, 0.15) is 0 Å². The van der Waals surface area contributed by atoms with Gasteiger partial charge < -0.3 is 5.32 Å². The van der Waals surface area contributed by atoms with Gasteiger partial charge in [0.05, 0.1) is 10.3 Å². The van der Waals surface area contributed by atoms with Gasteiger partial charge in [-0.25, -0.2) is 0 Å². The maximum atomic E-state index is 11.8. The highest BCUT2D eigenvalue weighted by Crippen LogP contribution is 2.22. The molecule has 1 amide bonds. The number of thiophene rings is 1. The molecule has 0 unspecified atom stereocenters. The molecule has 21 heavy (non-hydrogen) atoms. The molecule has 3 rings (SSSR count). The molecule has 0 atom stereocenters. The van der Waals surface area contributed by atoms with E-state index in [4.69, 9.17) is 0 Å². The molecule has 3 heterocycles. The van der Waals surface area contributed by atoms with Crippen molar-refractivity contribution in [2.24, 2.45) is 0 Å². The normalized spacial score (nSPS) is 11.3. The van der Waals surface area contributed by atoms with E-state index >= 15 is 0 Å².